The molecule has 0 bridgehead atoms. The maximum Gasteiger partial charge on any atom is 0.320 e. The van der Waals surface area contributed by atoms with Gasteiger partial charge < -0.3 is 14.0 Å². The number of piperidine rings is 1. The molecule has 0 aliphatic carbocycles. The molecule has 0 spiro atoms. The second-order valence-electron chi connectivity index (χ2n) is 9.81. The van der Waals surface area contributed by atoms with Crippen molar-refractivity contribution in [2.24, 2.45) is 17.8 Å². The molecule has 0 radical (unpaired) electrons. The van der Waals surface area contributed by atoms with Crippen LogP contribution in [0.4, 0.5) is 0 Å². The first kappa shape index (κ1) is 23.6. The molecule has 1 saturated heterocycles. The van der Waals surface area contributed by atoms with Gasteiger partial charge in [0.25, 0.3) is 0 Å². The Bertz CT molecular complexity index is 1200. The van der Waals surface area contributed by atoms with Crippen LogP contribution < -0.4 is 0 Å². The summed E-state index contributed by atoms with van der Waals surface area (Å²) in [7, 11) is 2.70. The summed E-state index contributed by atoms with van der Waals surface area (Å²) >= 11 is 0. The summed E-state index contributed by atoms with van der Waals surface area (Å²) in [5, 5.41) is 1.31. The number of aromatic nitrogens is 1. The highest BCUT2D eigenvalue weighted by Crippen LogP contribution is 2.47. The lowest BCUT2D eigenvalue weighted by atomic mass is 9.71. The van der Waals surface area contributed by atoms with E-state index < -0.39 is 17.9 Å². The van der Waals surface area contributed by atoms with Crippen LogP contribution in [0.2, 0.25) is 0 Å². The maximum atomic E-state index is 12.8. The molecule has 0 N–H and O–H groups in total. The van der Waals surface area contributed by atoms with Crippen molar-refractivity contribution in [3.05, 3.63) is 71.4 Å². The number of para-hydroxylation sites is 1. The lowest BCUT2D eigenvalue weighted by Gasteiger charge is -2.48. The molecule has 35 heavy (non-hydrogen) atoms. The monoisotopic (exact) mass is 474 g/mol. The van der Waals surface area contributed by atoms with Crippen LogP contribution in [0.3, 0.4) is 0 Å². The summed E-state index contributed by atoms with van der Waals surface area (Å²) < 4.78 is 12.6. The first-order valence-corrected chi connectivity index (χ1v) is 12.6. The lowest BCUT2D eigenvalue weighted by Crippen LogP contribution is -2.50. The van der Waals surface area contributed by atoms with Gasteiger partial charge in [-0.25, -0.2) is 0 Å². The van der Waals surface area contributed by atoms with E-state index in [0.717, 1.165) is 38.9 Å². The molecular weight excluding hydrogens is 440 g/mol. The highest BCUT2D eigenvalue weighted by atomic mass is 16.5. The highest BCUT2D eigenvalue weighted by molar-refractivity contribution is 5.95. The van der Waals surface area contributed by atoms with Gasteiger partial charge in [-0.3, -0.25) is 14.5 Å². The van der Waals surface area contributed by atoms with Crippen molar-refractivity contribution < 1.29 is 19.1 Å². The minimum atomic E-state index is -0.894. The predicted octanol–water partition coefficient (Wildman–Crippen LogP) is 4.60. The van der Waals surface area contributed by atoms with Crippen molar-refractivity contribution in [2.75, 3.05) is 27.3 Å². The second kappa shape index (κ2) is 9.86. The zero-order chi connectivity index (χ0) is 24.5. The van der Waals surface area contributed by atoms with E-state index in [1.807, 2.05) is 6.07 Å². The van der Waals surface area contributed by atoms with Gasteiger partial charge in [-0.15, -0.1) is 0 Å². The van der Waals surface area contributed by atoms with E-state index in [1.165, 1.54) is 41.9 Å². The largest absolute Gasteiger partial charge is 0.468 e. The Hall–Kier alpha value is -3.12. The van der Waals surface area contributed by atoms with Crippen molar-refractivity contribution in [3.63, 3.8) is 0 Å². The number of nitrogens with zero attached hydrogens (tertiary/aromatic N) is 2. The number of hydrogen-bond acceptors (Lipinski definition) is 5. The predicted molar refractivity (Wildman–Crippen MR) is 135 cm³/mol. The number of carbonyl (C=O) groups excluding carboxylic acids is 2. The van der Waals surface area contributed by atoms with Crippen LogP contribution in [-0.4, -0.2) is 48.7 Å². The SMILES string of the molecule is CC[C@H]1CN2CCc3c(n(Cc4ccccc4)c4ccccc34)[C@H]2C[C@@H]1C(C(=O)OC)C(=O)OC. The molecule has 2 aliphatic heterocycles. The molecule has 0 unspecified atom stereocenters. The summed E-state index contributed by atoms with van der Waals surface area (Å²) in [6.07, 6.45) is 2.64. The number of fused-ring (bicyclic) bond motifs is 5. The molecule has 2 aliphatic rings. The van der Waals surface area contributed by atoms with Crippen LogP contribution in [0.5, 0.6) is 0 Å². The van der Waals surface area contributed by atoms with Gasteiger partial charge in [0, 0.05) is 36.2 Å². The quantitative estimate of drug-likeness (QED) is 0.386. The summed E-state index contributed by atoms with van der Waals surface area (Å²) in [5.41, 5.74) is 5.23. The van der Waals surface area contributed by atoms with Crippen LogP contribution in [0.15, 0.2) is 54.6 Å². The second-order valence-corrected chi connectivity index (χ2v) is 9.81. The average Bonchev–Trinajstić information content (AvgIpc) is 3.22. The average molecular weight is 475 g/mol. The van der Waals surface area contributed by atoms with Crippen molar-refractivity contribution in [1.29, 1.82) is 0 Å². The normalized spacial score (nSPS) is 22.0. The van der Waals surface area contributed by atoms with E-state index in [9.17, 15) is 9.59 Å². The molecule has 3 atom stereocenters. The smallest absolute Gasteiger partial charge is 0.320 e. The number of ether oxygens (including phenoxy) is 2. The van der Waals surface area contributed by atoms with Gasteiger partial charge in [0.05, 0.1) is 20.3 Å². The van der Waals surface area contributed by atoms with Gasteiger partial charge in [0.2, 0.25) is 0 Å². The minimum Gasteiger partial charge on any atom is -0.468 e. The third-order valence-corrected chi connectivity index (χ3v) is 8.14. The first-order chi connectivity index (χ1) is 17.1. The fraction of sp³-hybridized carbons (Fsp3) is 0.448. The van der Waals surface area contributed by atoms with Crippen molar-refractivity contribution in [1.82, 2.24) is 9.47 Å². The number of carbonyl (C=O) groups is 2. The van der Waals surface area contributed by atoms with Gasteiger partial charge in [-0.2, -0.15) is 0 Å². The van der Waals surface area contributed by atoms with Crippen LogP contribution >= 0.6 is 0 Å². The Kier molecular flexibility index (Phi) is 6.65. The minimum absolute atomic E-state index is 0.129. The van der Waals surface area contributed by atoms with Crippen LogP contribution in [0, 0.1) is 17.8 Å². The molecular formula is C29H34N2O4. The summed E-state index contributed by atoms with van der Waals surface area (Å²) in [6, 6.07) is 19.3. The van der Waals surface area contributed by atoms with Gasteiger partial charge in [0.1, 0.15) is 0 Å². The van der Waals surface area contributed by atoms with E-state index in [2.05, 4.69) is 64.9 Å². The molecule has 2 aromatic carbocycles. The number of esters is 2. The molecule has 0 saturated carbocycles. The standard InChI is InChI=1S/C29H34N2O4/c1-4-20-18-30-15-14-22-21-12-8-9-13-24(21)31(17-19-10-6-5-7-11-19)27(22)25(30)16-23(20)26(28(32)34-2)29(33)35-3/h5-13,20,23,25-26H,4,14-18H2,1-3H3/t20-,23-,25+/m0/s1. The van der Waals surface area contributed by atoms with Crippen molar-refractivity contribution in [3.8, 4) is 0 Å². The molecule has 1 aromatic heterocycles. The fourth-order valence-corrected chi connectivity index (χ4v) is 6.47. The maximum absolute atomic E-state index is 12.8. The Morgan fingerprint density at radius 2 is 1.69 bits per heavy atom. The molecule has 3 heterocycles. The van der Waals surface area contributed by atoms with Crippen LogP contribution in [0.25, 0.3) is 10.9 Å². The summed E-state index contributed by atoms with van der Waals surface area (Å²) in [4.78, 5) is 28.1. The zero-order valence-electron chi connectivity index (χ0n) is 20.8. The van der Waals surface area contributed by atoms with Gasteiger partial charge in [-0.05, 0) is 41.9 Å². The van der Waals surface area contributed by atoms with E-state index in [1.54, 1.807) is 0 Å². The highest BCUT2D eigenvalue weighted by Gasteiger charge is 2.48. The molecule has 6 nitrogen and oxygen atoms in total. The molecule has 6 heteroatoms. The number of rotatable bonds is 6. The van der Waals surface area contributed by atoms with Gasteiger partial charge in [0.15, 0.2) is 5.92 Å². The molecule has 3 aromatic rings. The molecule has 5 rings (SSSR count). The summed E-state index contributed by atoms with van der Waals surface area (Å²) in [5.74, 6) is -1.78. The Morgan fingerprint density at radius 1 is 1.00 bits per heavy atom. The topological polar surface area (TPSA) is 60.8 Å². The zero-order valence-corrected chi connectivity index (χ0v) is 20.8. The van der Waals surface area contributed by atoms with Crippen LogP contribution in [-0.2, 0) is 32.0 Å². The molecule has 1 fully saturated rings. The van der Waals surface area contributed by atoms with Gasteiger partial charge >= 0.3 is 11.9 Å². The molecule has 184 valence electrons. The van der Waals surface area contributed by atoms with E-state index >= 15 is 0 Å². The molecule has 0 amide bonds. The Balaban J connectivity index is 1.61. The Labute approximate surface area is 206 Å². The van der Waals surface area contributed by atoms with Crippen LogP contribution in [0.1, 0.15) is 42.6 Å². The van der Waals surface area contributed by atoms with Crippen molar-refractivity contribution >= 4 is 22.8 Å². The lowest BCUT2D eigenvalue weighted by molar-refractivity contribution is -0.164. The van der Waals surface area contributed by atoms with E-state index in [0.29, 0.717) is 0 Å². The first-order valence-electron chi connectivity index (χ1n) is 12.6. The van der Waals surface area contributed by atoms with Gasteiger partial charge in [-0.1, -0.05) is 61.9 Å². The van der Waals surface area contributed by atoms with E-state index in [4.69, 9.17) is 9.47 Å². The number of methoxy groups -OCH3 is 2. The summed E-state index contributed by atoms with van der Waals surface area (Å²) in [6.45, 7) is 4.79. The van der Waals surface area contributed by atoms with Crippen molar-refractivity contribution in [2.45, 2.75) is 38.8 Å². The Morgan fingerprint density at radius 3 is 2.37 bits per heavy atom. The number of benzene rings is 2. The third-order valence-electron chi connectivity index (χ3n) is 8.14. The number of hydrogen-bond donors (Lipinski definition) is 0. The third kappa shape index (κ3) is 4.14. The van der Waals surface area contributed by atoms with E-state index in [-0.39, 0.29) is 17.9 Å². The fourth-order valence-electron chi connectivity index (χ4n) is 6.47.